The zero-order chi connectivity index (χ0) is 16.7. The van der Waals surface area contributed by atoms with Crippen LogP contribution in [0.5, 0.6) is 0 Å². The van der Waals surface area contributed by atoms with Gasteiger partial charge in [0.2, 0.25) is 5.91 Å². The van der Waals surface area contributed by atoms with Crippen molar-refractivity contribution in [3.8, 4) is 6.07 Å². The average Bonchev–Trinajstić information content (AvgIpc) is 2.53. The van der Waals surface area contributed by atoms with Gasteiger partial charge < -0.3 is 15.5 Å². The van der Waals surface area contributed by atoms with Gasteiger partial charge in [-0.2, -0.15) is 5.26 Å². The highest BCUT2D eigenvalue weighted by atomic mass is 16.2. The minimum atomic E-state index is -0.282. The molecule has 0 bridgehead atoms. The number of rotatable bonds is 5. The van der Waals surface area contributed by atoms with Crippen LogP contribution in [0.4, 0.5) is 10.5 Å². The summed E-state index contributed by atoms with van der Waals surface area (Å²) < 4.78 is 0. The molecule has 0 radical (unpaired) electrons. The second kappa shape index (κ2) is 8.03. The number of nitrogens with one attached hydrogen (secondary N) is 2. The number of anilines is 1. The van der Waals surface area contributed by atoms with Crippen molar-refractivity contribution in [3.05, 3.63) is 29.3 Å². The van der Waals surface area contributed by atoms with Gasteiger partial charge in [0.15, 0.2) is 0 Å². The van der Waals surface area contributed by atoms with Crippen molar-refractivity contribution in [3.63, 3.8) is 0 Å². The van der Waals surface area contributed by atoms with Crippen molar-refractivity contribution >= 4 is 17.6 Å². The first-order valence-corrected chi connectivity index (χ1v) is 7.20. The molecule has 0 aliphatic carbocycles. The molecule has 118 valence electrons. The summed E-state index contributed by atoms with van der Waals surface area (Å²) in [6.45, 7) is 3.78. The lowest BCUT2D eigenvalue weighted by Gasteiger charge is -2.25. The van der Waals surface area contributed by atoms with Crippen molar-refractivity contribution in [1.82, 2.24) is 10.2 Å². The molecule has 1 atom stereocenters. The molecule has 0 aliphatic heterocycles. The Balaban J connectivity index is 2.80. The number of aryl methyl sites for hydroxylation is 1. The summed E-state index contributed by atoms with van der Waals surface area (Å²) in [5.74, 6) is -0.111. The lowest BCUT2D eigenvalue weighted by atomic mass is 10.1. The van der Waals surface area contributed by atoms with Crippen LogP contribution < -0.4 is 10.6 Å². The number of hydrogen-bond donors (Lipinski definition) is 2. The number of nitriles is 1. The van der Waals surface area contributed by atoms with Gasteiger partial charge >= 0.3 is 6.03 Å². The zero-order valence-electron chi connectivity index (χ0n) is 13.4. The van der Waals surface area contributed by atoms with Crippen LogP contribution in [0.25, 0.3) is 0 Å². The molecule has 0 fully saturated rings. The first-order chi connectivity index (χ1) is 10.4. The molecule has 0 saturated heterocycles. The van der Waals surface area contributed by atoms with Gasteiger partial charge in [-0.15, -0.1) is 0 Å². The summed E-state index contributed by atoms with van der Waals surface area (Å²) in [7, 11) is 3.22. The lowest BCUT2D eigenvalue weighted by Crippen LogP contribution is -2.40. The van der Waals surface area contributed by atoms with E-state index < -0.39 is 0 Å². The third-order valence-corrected chi connectivity index (χ3v) is 3.60. The van der Waals surface area contributed by atoms with Gasteiger partial charge in [-0.25, -0.2) is 4.79 Å². The minimum Gasteiger partial charge on any atom is -0.359 e. The van der Waals surface area contributed by atoms with Crippen molar-refractivity contribution < 1.29 is 9.59 Å². The Hall–Kier alpha value is -2.55. The van der Waals surface area contributed by atoms with Gasteiger partial charge in [-0.05, 0) is 37.1 Å². The van der Waals surface area contributed by atoms with E-state index in [1.165, 1.54) is 4.90 Å². The van der Waals surface area contributed by atoms with E-state index in [9.17, 15) is 9.59 Å². The summed E-state index contributed by atoms with van der Waals surface area (Å²) in [5, 5.41) is 14.3. The molecule has 6 heteroatoms. The van der Waals surface area contributed by atoms with Crippen LogP contribution in [-0.4, -0.2) is 37.0 Å². The zero-order valence-corrected chi connectivity index (χ0v) is 13.4. The smallest absolute Gasteiger partial charge is 0.321 e. The summed E-state index contributed by atoms with van der Waals surface area (Å²) in [6, 6.07) is 6.75. The van der Waals surface area contributed by atoms with Crippen molar-refractivity contribution in [1.29, 1.82) is 5.26 Å². The Morgan fingerprint density at radius 2 is 2.09 bits per heavy atom. The molecular formula is C16H22N4O2. The third kappa shape index (κ3) is 4.48. The molecule has 1 aromatic rings. The highest BCUT2D eigenvalue weighted by molar-refractivity contribution is 5.90. The first kappa shape index (κ1) is 17.5. The number of carbonyl (C=O) groups excluding carboxylic acids is 2. The van der Waals surface area contributed by atoms with Crippen LogP contribution in [-0.2, 0) is 11.2 Å². The van der Waals surface area contributed by atoms with E-state index in [1.54, 1.807) is 32.3 Å². The Bertz CT molecular complexity index is 592. The number of hydrogen-bond acceptors (Lipinski definition) is 3. The molecule has 1 aromatic carbocycles. The van der Waals surface area contributed by atoms with E-state index in [0.29, 0.717) is 17.7 Å². The highest BCUT2D eigenvalue weighted by Crippen LogP contribution is 2.19. The maximum absolute atomic E-state index is 12.3. The molecule has 1 rings (SSSR count). The maximum Gasteiger partial charge on any atom is 0.321 e. The summed E-state index contributed by atoms with van der Waals surface area (Å²) in [5.41, 5.74) is 2.15. The fourth-order valence-electron chi connectivity index (χ4n) is 1.99. The van der Waals surface area contributed by atoms with Crippen LogP contribution in [0.15, 0.2) is 18.2 Å². The van der Waals surface area contributed by atoms with Gasteiger partial charge in [0.05, 0.1) is 11.6 Å². The van der Waals surface area contributed by atoms with E-state index in [0.717, 1.165) is 5.56 Å². The topological polar surface area (TPSA) is 85.2 Å². The lowest BCUT2D eigenvalue weighted by molar-refractivity contribution is -0.121. The molecule has 3 amide bonds. The first-order valence-electron chi connectivity index (χ1n) is 7.20. The molecular weight excluding hydrogens is 280 g/mol. The second-order valence-electron chi connectivity index (χ2n) is 5.10. The van der Waals surface area contributed by atoms with Gasteiger partial charge in [0, 0.05) is 32.2 Å². The normalized spacial score (nSPS) is 11.2. The quantitative estimate of drug-likeness (QED) is 0.873. The Morgan fingerprint density at radius 3 is 2.64 bits per heavy atom. The molecule has 0 spiro atoms. The van der Waals surface area contributed by atoms with E-state index in [-0.39, 0.29) is 24.4 Å². The molecule has 0 saturated carbocycles. The molecule has 6 nitrogen and oxygen atoms in total. The fraction of sp³-hybridized carbons (Fsp3) is 0.438. The number of urea groups is 1. The van der Waals surface area contributed by atoms with Crippen molar-refractivity contribution in [2.75, 3.05) is 19.4 Å². The van der Waals surface area contributed by atoms with Gasteiger partial charge in [-0.3, -0.25) is 4.79 Å². The number of benzene rings is 1. The fourth-order valence-corrected chi connectivity index (χ4v) is 1.99. The number of amides is 3. The van der Waals surface area contributed by atoms with E-state index in [4.69, 9.17) is 5.26 Å². The van der Waals surface area contributed by atoms with Crippen molar-refractivity contribution in [2.24, 2.45) is 0 Å². The largest absolute Gasteiger partial charge is 0.359 e. The van der Waals surface area contributed by atoms with E-state index >= 15 is 0 Å². The monoisotopic (exact) mass is 302 g/mol. The average molecular weight is 302 g/mol. The highest BCUT2D eigenvalue weighted by Gasteiger charge is 2.19. The van der Waals surface area contributed by atoms with Gasteiger partial charge in [0.25, 0.3) is 0 Å². The maximum atomic E-state index is 12.3. The van der Waals surface area contributed by atoms with Gasteiger partial charge in [-0.1, -0.05) is 6.92 Å². The van der Waals surface area contributed by atoms with Crippen LogP contribution in [0.3, 0.4) is 0 Å². The molecule has 0 aliphatic rings. The van der Waals surface area contributed by atoms with Gasteiger partial charge in [0.1, 0.15) is 0 Å². The van der Waals surface area contributed by atoms with E-state index in [2.05, 4.69) is 16.7 Å². The second-order valence-corrected chi connectivity index (χ2v) is 5.10. The van der Waals surface area contributed by atoms with Crippen LogP contribution in [0.1, 0.15) is 31.4 Å². The van der Waals surface area contributed by atoms with Crippen LogP contribution in [0, 0.1) is 11.3 Å². The predicted octanol–water partition coefficient (Wildman–Crippen LogP) is 2.11. The Kier molecular flexibility index (Phi) is 6.39. The summed E-state index contributed by atoms with van der Waals surface area (Å²) in [6.07, 6.45) is 0.955. The molecule has 22 heavy (non-hydrogen) atoms. The summed E-state index contributed by atoms with van der Waals surface area (Å²) >= 11 is 0. The van der Waals surface area contributed by atoms with Crippen molar-refractivity contribution in [2.45, 2.75) is 32.7 Å². The molecule has 0 heterocycles. The summed E-state index contributed by atoms with van der Waals surface area (Å²) in [4.78, 5) is 25.1. The minimum absolute atomic E-state index is 0.111. The number of nitrogens with zero attached hydrogens (tertiary/aromatic N) is 2. The number of carbonyl (C=O) groups is 2. The third-order valence-electron chi connectivity index (χ3n) is 3.60. The molecule has 0 aromatic heterocycles. The standard InChI is InChI=1S/C16H22N4O2/c1-5-13-9-12(10-17)6-7-14(13)19-16(22)20(4)11(2)8-15(21)18-3/h6-7,9,11H,5,8H2,1-4H3,(H,18,21)(H,19,22)/t11-/m1/s1. The Morgan fingerprint density at radius 1 is 1.41 bits per heavy atom. The van der Waals surface area contributed by atoms with Crippen LogP contribution in [0.2, 0.25) is 0 Å². The SMILES string of the molecule is CCc1cc(C#N)ccc1NC(=O)N(C)[C@H](C)CC(=O)NC. The predicted molar refractivity (Wildman–Crippen MR) is 85.5 cm³/mol. The molecule has 0 unspecified atom stereocenters. The molecule has 2 N–H and O–H groups in total. The van der Waals surface area contributed by atoms with E-state index in [1.807, 2.05) is 13.8 Å². The van der Waals surface area contributed by atoms with Crippen LogP contribution >= 0.6 is 0 Å². The Labute approximate surface area is 131 Å².